The van der Waals surface area contributed by atoms with E-state index in [-0.39, 0.29) is 5.56 Å². The van der Waals surface area contributed by atoms with Crippen molar-refractivity contribution in [3.8, 4) is 0 Å². The van der Waals surface area contributed by atoms with Gasteiger partial charge in [-0.1, -0.05) is 18.2 Å². The van der Waals surface area contributed by atoms with Gasteiger partial charge in [-0.3, -0.25) is 9.59 Å². The summed E-state index contributed by atoms with van der Waals surface area (Å²) in [6.45, 7) is 0.716. The van der Waals surface area contributed by atoms with E-state index in [9.17, 15) is 27.6 Å². The molecule has 2 amide bonds. The van der Waals surface area contributed by atoms with Crippen molar-refractivity contribution < 1.29 is 32.3 Å². The lowest BCUT2D eigenvalue weighted by Crippen LogP contribution is -2.40. The minimum Gasteiger partial charge on any atom is -0.449 e. The van der Waals surface area contributed by atoms with Gasteiger partial charge in [0.05, 0.1) is 17.8 Å². The SMILES string of the molecule is C[C@@H](OC(=O)c1ccccc1)C(=O)NCC(=O)Nc1ccc(F)c(F)c1F. The average Bonchev–Trinajstić information content (AvgIpc) is 2.67. The molecule has 0 aliphatic rings. The Morgan fingerprint density at radius 2 is 1.67 bits per heavy atom. The van der Waals surface area contributed by atoms with E-state index in [1.54, 1.807) is 18.2 Å². The first kappa shape index (κ1) is 20.0. The Kier molecular flexibility index (Phi) is 6.53. The fraction of sp³-hybridized carbons (Fsp3) is 0.167. The largest absolute Gasteiger partial charge is 0.449 e. The minimum atomic E-state index is -1.72. The first-order valence-electron chi connectivity index (χ1n) is 7.76. The van der Waals surface area contributed by atoms with Crippen molar-refractivity contribution in [2.75, 3.05) is 11.9 Å². The minimum absolute atomic E-state index is 0.253. The highest BCUT2D eigenvalue weighted by Crippen LogP contribution is 2.19. The number of benzene rings is 2. The second kappa shape index (κ2) is 8.84. The van der Waals surface area contributed by atoms with Gasteiger partial charge in [0.1, 0.15) is 0 Å². The normalized spacial score (nSPS) is 11.4. The van der Waals surface area contributed by atoms with Gasteiger partial charge in [0, 0.05) is 0 Å². The van der Waals surface area contributed by atoms with E-state index in [4.69, 9.17) is 4.74 Å². The molecule has 2 N–H and O–H groups in total. The maximum Gasteiger partial charge on any atom is 0.338 e. The molecule has 0 radical (unpaired) electrons. The van der Waals surface area contributed by atoms with Crippen LogP contribution < -0.4 is 10.6 Å². The van der Waals surface area contributed by atoms with Crippen LogP contribution in [0.15, 0.2) is 42.5 Å². The highest BCUT2D eigenvalue weighted by Gasteiger charge is 2.20. The molecule has 142 valence electrons. The molecule has 2 aromatic carbocycles. The third-order valence-corrected chi connectivity index (χ3v) is 3.39. The Morgan fingerprint density at radius 1 is 1.00 bits per heavy atom. The number of anilines is 1. The van der Waals surface area contributed by atoms with Gasteiger partial charge in [0.25, 0.3) is 5.91 Å². The second-order valence-electron chi connectivity index (χ2n) is 5.40. The Bertz CT molecular complexity index is 859. The van der Waals surface area contributed by atoms with E-state index in [0.717, 1.165) is 6.07 Å². The predicted octanol–water partition coefficient (Wildman–Crippen LogP) is 2.40. The monoisotopic (exact) mass is 380 g/mol. The number of hydrogen-bond acceptors (Lipinski definition) is 4. The van der Waals surface area contributed by atoms with Crippen LogP contribution in [0.1, 0.15) is 17.3 Å². The Hall–Kier alpha value is -3.36. The van der Waals surface area contributed by atoms with Gasteiger partial charge >= 0.3 is 5.97 Å². The van der Waals surface area contributed by atoms with Gasteiger partial charge < -0.3 is 15.4 Å². The lowest BCUT2D eigenvalue weighted by atomic mass is 10.2. The van der Waals surface area contributed by atoms with Crippen molar-refractivity contribution >= 4 is 23.5 Å². The zero-order chi connectivity index (χ0) is 20.0. The molecule has 0 unspecified atom stereocenters. The van der Waals surface area contributed by atoms with Crippen LogP contribution in [0.25, 0.3) is 0 Å². The average molecular weight is 380 g/mol. The van der Waals surface area contributed by atoms with Crippen LogP contribution in [0.2, 0.25) is 0 Å². The summed E-state index contributed by atoms with van der Waals surface area (Å²) in [6.07, 6.45) is -1.19. The molecule has 0 saturated heterocycles. The van der Waals surface area contributed by atoms with Crippen LogP contribution in [0.3, 0.4) is 0 Å². The number of rotatable bonds is 6. The molecule has 0 spiro atoms. The van der Waals surface area contributed by atoms with Crippen molar-refractivity contribution in [1.82, 2.24) is 5.32 Å². The zero-order valence-electron chi connectivity index (χ0n) is 14.1. The highest BCUT2D eigenvalue weighted by molar-refractivity contribution is 5.96. The first-order chi connectivity index (χ1) is 12.8. The molecule has 2 rings (SSSR count). The van der Waals surface area contributed by atoms with Crippen LogP contribution in [0, 0.1) is 17.5 Å². The van der Waals surface area contributed by atoms with E-state index in [1.807, 2.05) is 5.32 Å². The molecule has 0 saturated carbocycles. The van der Waals surface area contributed by atoms with E-state index >= 15 is 0 Å². The predicted molar refractivity (Wildman–Crippen MR) is 89.3 cm³/mol. The molecule has 0 heterocycles. The molecule has 0 aliphatic heterocycles. The molecule has 27 heavy (non-hydrogen) atoms. The van der Waals surface area contributed by atoms with Crippen molar-refractivity contribution in [2.24, 2.45) is 0 Å². The fourth-order valence-electron chi connectivity index (χ4n) is 1.98. The molecule has 1 atom stereocenters. The fourth-order valence-corrected chi connectivity index (χ4v) is 1.98. The van der Waals surface area contributed by atoms with E-state index < -0.39 is 53.6 Å². The number of amides is 2. The Balaban J connectivity index is 1.85. The van der Waals surface area contributed by atoms with E-state index in [0.29, 0.717) is 6.07 Å². The van der Waals surface area contributed by atoms with E-state index in [1.165, 1.54) is 19.1 Å². The van der Waals surface area contributed by atoms with Gasteiger partial charge in [-0.15, -0.1) is 0 Å². The summed E-state index contributed by atoms with van der Waals surface area (Å²) in [4.78, 5) is 35.4. The third-order valence-electron chi connectivity index (χ3n) is 3.39. The number of hydrogen-bond donors (Lipinski definition) is 2. The number of carbonyl (C=O) groups is 3. The molecule has 0 aliphatic carbocycles. The quantitative estimate of drug-likeness (QED) is 0.595. The van der Waals surface area contributed by atoms with Crippen molar-refractivity contribution in [2.45, 2.75) is 13.0 Å². The molecular weight excluding hydrogens is 365 g/mol. The van der Waals surface area contributed by atoms with Crippen LogP contribution in [0.5, 0.6) is 0 Å². The van der Waals surface area contributed by atoms with Crippen molar-refractivity contribution in [3.63, 3.8) is 0 Å². The molecule has 2 aromatic rings. The lowest BCUT2D eigenvalue weighted by Gasteiger charge is -2.13. The maximum atomic E-state index is 13.5. The Labute approximate surface area is 152 Å². The summed E-state index contributed by atoms with van der Waals surface area (Å²) in [6, 6.07) is 9.48. The molecule has 9 heteroatoms. The van der Waals surface area contributed by atoms with Gasteiger partial charge in [-0.25, -0.2) is 18.0 Å². The second-order valence-corrected chi connectivity index (χ2v) is 5.40. The molecule has 0 bridgehead atoms. The first-order valence-corrected chi connectivity index (χ1v) is 7.76. The van der Waals surface area contributed by atoms with Gasteiger partial charge in [0.2, 0.25) is 5.91 Å². The summed E-state index contributed by atoms with van der Waals surface area (Å²) in [7, 11) is 0. The highest BCUT2D eigenvalue weighted by atomic mass is 19.2. The summed E-state index contributed by atoms with van der Waals surface area (Å²) in [5, 5.41) is 4.18. The van der Waals surface area contributed by atoms with Gasteiger partial charge in [0.15, 0.2) is 23.6 Å². The summed E-state index contributed by atoms with van der Waals surface area (Å²) < 4.78 is 44.4. The van der Waals surface area contributed by atoms with Crippen LogP contribution in [0.4, 0.5) is 18.9 Å². The maximum absolute atomic E-state index is 13.5. The Morgan fingerprint density at radius 3 is 2.33 bits per heavy atom. The van der Waals surface area contributed by atoms with Crippen molar-refractivity contribution in [3.05, 3.63) is 65.5 Å². The van der Waals surface area contributed by atoms with Crippen LogP contribution in [-0.4, -0.2) is 30.4 Å². The van der Waals surface area contributed by atoms with E-state index in [2.05, 4.69) is 5.32 Å². The summed E-state index contributed by atoms with van der Waals surface area (Å²) in [5.41, 5.74) is -0.319. The smallest absolute Gasteiger partial charge is 0.338 e. The number of halogens is 3. The topological polar surface area (TPSA) is 84.5 Å². The number of esters is 1. The lowest BCUT2D eigenvalue weighted by molar-refractivity contribution is -0.130. The molecular formula is C18H15F3N2O4. The van der Waals surface area contributed by atoms with Crippen LogP contribution >= 0.6 is 0 Å². The van der Waals surface area contributed by atoms with Gasteiger partial charge in [-0.2, -0.15) is 0 Å². The number of carbonyl (C=O) groups excluding carboxylic acids is 3. The molecule has 0 fully saturated rings. The number of nitrogens with one attached hydrogen (secondary N) is 2. The third kappa shape index (κ3) is 5.30. The summed E-state index contributed by atoms with van der Waals surface area (Å²) in [5.74, 6) is -7.03. The standard InChI is InChI=1S/C18H15F3N2O4/c1-10(27-18(26)11-5-3-2-4-6-11)17(25)22-9-14(24)23-13-8-7-12(19)15(20)16(13)21/h2-8,10H,9H2,1H3,(H,22,25)(H,23,24)/t10-/m1/s1. The zero-order valence-corrected chi connectivity index (χ0v) is 14.1. The van der Waals surface area contributed by atoms with Gasteiger partial charge in [-0.05, 0) is 31.2 Å². The number of ether oxygens (including phenoxy) is 1. The van der Waals surface area contributed by atoms with Crippen molar-refractivity contribution in [1.29, 1.82) is 0 Å². The summed E-state index contributed by atoms with van der Waals surface area (Å²) >= 11 is 0. The van der Waals surface area contributed by atoms with Crippen LogP contribution in [-0.2, 0) is 14.3 Å². The molecule has 6 nitrogen and oxygen atoms in total. The molecule has 0 aromatic heterocycles.